The second kappa shape index (κ2) is 4.51. The van der Waals surface area contributed by atoms with Gasteiger partial charge < -0.3 is 0 Å². The number of benzene rings is 1. The van der Waals surface area contributed by atoms with Gasteiger partial charge in [0.05, 0.1) is 4.92 Å². The van der Waals surface area contributed by atoms with Gasteiger partial charge in [0, 0.05) is 5.56 Å². The van der Waals surface area contributed by atoms with Crippen molar-refractivity contribution in [3.8, 4) is 0 Å². The fourth-order valence-corrected chi connectivity index (χ4v) is 1.35. The molecule has 0 aliphatic heterocycles. The summed E-state index contributed by atoms with van der Waals surface area (Å²) in [6.45, 7) is 1.35. The molecule has 89 valence electrons. The van der Waals surface area contributed by atoms with Crippen LogP contribution in [0.4, 0.5) is 5.69 Å². The van der Waals surface area contributed by atoms with Crippen molar-refractivity contribution >= 4 is 5.69 Å². The molecule has 0 saturated heterocycles. The summed E-state index contributed by atoms with van der Waals surface area (Å²) in [5.74, 6) is 0. The maximum absolute atomic E-state index is 10.7. The SMILES string of the molecule is Cc1cccc([C]([N+](=O)[O-])[N+](=O)[O-])c1[N+](=O)[O-]. The summed E-state index contributed by atoms with van der Waals surface area (Å²) in [6.07, 6.45) is -1.40. The number of hydrogen-bond acceptors (Lipinski definition) is 6. The first kappa shape index (κ1) is 12.5. The average molecular weight is 240 g/mol. The van der Waals surface area contributed by atoms with Crippen LogP contribution in [0.2, 0.25) is 0 Å². The van der Waals surface area contributed by atoms with Crippen LogP contribution in [0.15, 0.2) is 18.2 Å². The molecule has 9 nitrogen and oxygen atoms in total. The summed E-state index contributed by atoms with van der Waals surface area (Å²) in [5.41, 5.74) is -1.12. The summed E-state index contributed by atoms with van der Waals surface area (Å²) in [5, 5.41) is 31.8. The smallest absolute Gasteiger partial charge is 0.258 e. The third kappa shape index (κ3) is 2.33. The van der Waals surface area contributed by atoms with Crippen LogP contribution in [-0.4, -0.2) is 14.8 Å². The number of rotatable bonds is 4. The summed E-state index contributed by atoms with van der Waals surface area (Å²) >= 11 is 0. The quantitative estimate of drug-likeness (QED) is 0.575. The number of aryl methyl sites for hydroxylation is 1. The van der Waals surface area contributed by atoms with Crippen molar-refractivity contribution in [1.82, 2.24) is 0 Å². The van der Waals surface area contributed by atoms with Crippen LogP contribution in [0, 0.1) is 43.4 Å². The molecule has 0 saturated carbocycles. The van der Waals surface area contributed by atoms with Crippen LogP contribution in [0.1, 0.15) is 11.1 Å². The van der Waals surface area contributed by atoms with Crippen LogP contribution in [-0.2, 0) is 0 Å². The van der Waals surface area contributed by atoms with Crippen molar-refractivity contribution in [2.45, 2.75) is 6.92 Å². The van der Waals surface area contributed by atoms with Gasteiger partial charge in [-0.3, -0.25) is 30.3 Å². The van der Waals surface area contributed by atoms with Crippen LogP contribution >= 0.6 is 0 Å². The zero-order chi connectivity index (χ0) is 13.2. The van der Waals surface area contributed by atoms with E-state index in [4.69, 9.17) is 0 Å². The fraction of sp³-hybridized carbons (Fsp3) is 0.125. The topological polar surface area (TPSA) is 129 Å². The Morgan fingerprint density at radius 2 is 1.59 bits per heavy atom. The lowest BCUT2D eigenvalue weighted by Gasteiger charge is -2.02. The average Bonchev–Trinajstić information content (AvgIpc) is 2.15. The highest BCUT2D eigenvalue weighted by Crippen LogP contribution is 2.29. The summed E-state index contributed by atoms with van der Waals surface area (Å²) in [4.78, 5) is 28.4. The predicted molar refractivity (Wildman–Crippen MR) is 54.2 cm³/mol. The van der Waals surface area contributed by atoms with Crippen molar-refractivity contribution in [3.05, 3.63) is 65.8 Å². The van der Waals surface area contributed by atoms with Gasteiger partial charge in [-0.1, -0.05) is 12.1 Å². The van der Waals surface area contributed by atoms with Crippen molar-refractivity contribution in [2.75, 3.05) is 0 Å². The van der Waals surface area contributed by atoms with E-state index in [0.29, 0.717) is 0 Å². The van der Waals surface area contributed by atoms with E-state index in [1.165, 1.54) is 19.1 Å². The van der Waals surface area contributed by atoms with E-state index in [-0.39, 0.29) is 5.56 Å². The second-order valence-corrected chi connectivity index (χ2v) is 3.07. The summed E-state index contributed by atoms with van der Waals surface area (Å²) < 4.78 is 0. The lowest BCUT2D eigenvalue weighted by atomic mass is 10.1. The van der Waals surface area contributed by atoms with E-state index in [1.54, 1.807) is 0 Å². The molecule has 1 radical (unpaired) electrons. The Kier molecular flexibility index (Phi) is 3.31. The van der Waals surface area contributed by atoms with Crippen molar-refractivity contribution in [3.63, 3.8) is 0 Å². The van der Waals surface area contributed by atoms with E-state index in [1.807, 2.05) is 0 Å². The standard InChI is InChI=1S/C8H6N3O6/c1-5-3-2-4-6(7(5)9(12)13)8(10(14)15)11(16)17/h2-4H,1H3. The molecule has 0 aliphatic rings. The number of nitro benzene ring substituents is 1. The molecule has 1 aromatic carbocycles. The fourth-order valence-electron chi connectivity index (χ4n) is 1.35. The van der Waals surface area contributed by atoms with Gasteiger partial charge >= 0.3 is 6.17 Å². The van der Waals surface area contributed by atoms with Crippen molar-refractivity contribution in [2.24, 2.45) is 0 Å². The van der Waals surface area contributed by atoms with E-state index < -0.39 is 32.2 Å². The second-order valence-electron chi connectivity index (χ2n) is 3.07. The van der Waals surface area contributed by atoms with Crippen molar-refractivity contribution < 1.29 is 14.8 Å². The van der Waals surface area contributed by atoms with E-state index in [2.05, 4.69) is 0 Å². The highest BCUT2D eigenvalue weighted by Gasteiger charge is 2.47. The van der Waals surface area contributed by atoms with Crippen LogP contribution < -0.4 is 0 Å². The number of para-hydroxylation sites is 1. The molecule has 1 aromatic rings. The van der Waals surface area contributed by atoms with Gasteiger partial charge in [0.1, 0.15) is 9.85 Å². The minimum atomic E-state index is -1.40. The third-order valence-corrected chi connectivity index (χ3v) is 2.01. The Hall–Kier alpha value is -2.58. The molecular weight excluding hydrogens is 234 g/mol. The van der Waals surface area contributed by atoms with E-state index >= 15 is 0 Å². The van der Waals surface area contributed by atoms with Crippen LogP contribution in [0.5, 0.6) is 0 Å². The van der Waals surface area contributed by atoms with Gasteiger partial charge in [0.15, 0.2) is 0 Å². The first-order valence-electron chi connectivity index (χ1n) is 4.26. The largest absolute Gasteiger partial charge is 0.633 e. The third-order valence-electron chi connectivity index (χ3n) is 2.01. The minimum Gasteiger partial charge on any atom is -0.258 e. The monoisotopic (exact) mass is 240 g/mol. The molecule has 9 heteroatoms. The molecule has 0 bridgehead atoms. The molecule has 0 heterocycles. The van der Waals surface area contributed by atoms with E-state index in [9.17, 15) is 30.3 Å². The van der Waals surface area contributed by atoms with Gasteiger partial charge in [-0.2, -0.15) is 0 Å². The molecular formula is C8H6N3O6. The Morgan fingerprint density at radius 1 is 1.06 bits per heavy atom. The van der Waals surface area contributed by atoms with E-state index in [0.717, 1.165) is 6.07 Å². The van der Waals surface area contributed by atoms with Crippen molar-refractivity contribution in [1.29, 1.82) is 0 Å². The predicted octanol–water partition coefficient (Wildman–Crippen LogP) is 1.29. The highest BCUT2D eigenvalue weighted by molar-refractivity contribution is 5.50. The van der Waals surface area contributed by atoms with Gasteiger partial charge in [-0.05, 0) is 13.0 Å². The number of nitro groups is 3. The highest BCUT2D eigenvalue weighted by atomic mass is 16.7. The molecule has 0 spiro atoms. The molecule has 0 unspecified atom stereocenters. The maximum Gasteiger partial charge on any atom is 0.633 e. The molecule has 0 atom stereocenters. The Bertz CT molecular complexity index is 486. The first-order chi connectivity index (χ1) is 7.86. The lowest BCUT2D eigenvalue weighted by Crippen LogP contribution is -2.22. The zero-order valence-corrected chi connectivity index (χ0v) is 8.52. The Balaban J connectivity index is 3.48. The zero-order valence-electron chi connectivity index (χ0n) is 8.52. The molecule has 0 fully saturated rings. The molecule has 0 aromatic heterocycles. The number of hydrogen-bond donors (Lipinski definition) is 0. The first-order valence-corrected chi connectivity index (χ1v) is 4.26. The van der Waals surface area contributed by atoms with Crippen LogP contribution in [0.25, 0.3) is 0 Å². The molecule has 0 N–H and O–H groups in total. The normalized spacial score (nSPS) is 10.2. The molecule has 0 amide bonds. The summed E-state index contributed by atoms with van der Waals surface area (Å²) in [6, 6.07) is 3.61. The lowest BCUT2D eigenvalue weighted by molar-refractivity contribution is -0.661. The Morgan fingerprint density at radius 3 is 2.00 bits per heavy atom. The van der Waals surface area contributed by atoms with Gasteiger partial charge in [0.2, 0.25) is 5.56 Å². The summed E-state index contributed by atoms with van der Waals surface area (Å²) in [7, 11) is 0. The van der Waals surface area contributed by atoms with Gasteiger partial charge in [-0.25, -0.2) is 0 Å². The molecule has 1 rings (SSSR count). The number of nitrogens with zero attached hydrogens (tertiary/aromatic N) is 3. The van der Waals surface area contributed by atoms with Crippen LogP contribution in [0.3, 0.4) is 0 Å². The molecule has 0 aliphatic carbocycles. The minimum absolute atomic E-state index is 0.119. The van der Waals surface area contributed by atoms with Gasteiger partial charge in [-0.15, -0.1) is 0 Å². The Labute approximate surface area is 94.1 Å². The van der Waals surface area contributed by atoms with Gasteiger partial charge in [0.25, 0.3) is 5.69 Å². The maximum atomic E-state index is 10.7. The molecule has 17 heavy (non-hydrogen) atoms.